The smallest absolute Gasteiger partial charge is 0.343 e. The molecule has 8 N–H and O–H groups in total. The number of hydrogen-bond donors (Lipinski definition) is 4. The molecule has 0 saturated carbocycles. The molecule has 0 saturated heterocycles. The van der Waals surface area contributed by atoms with E-state index in [0.717, 1.165) is 0 Å². The number of esters is 2. The Morgan fingerprint density at radius 3 is 1.62 bits per heavy atom. The van der Waals surface area contributed by atoms with E-state index in [9.17, 15) is 9.59 Å². The van der Waals surface area contributed by atoms with Gasteiger partial charge >= 0.3 is 11.9 Å². The summed E-state index contributed by atoms with van der Waals surface area (Å²) >= 11 is 0. The molecule has 0 aliphatic rings. The van der Waals surface area contributed by atoms with Gasteiger partial charge in [0.1, 0.15) is 11.5 Å². The minimum Gasteiger partial charge on any atom is -0.423 e. The molecule has 0 amide bonds. The number of carbonyl (C=O) groups excluding carboxylic acids is 2. The summed E-state index contributed by atoms with van der Waals surface area (Å²) in [6, 6.07) is 18.6. The van der Waals surface area contributed by atoms with Crippen molar-refractivity contribution in [1.82, 2.24) is 0 Å². The van der Waals surface area contributed by atoms with E-state index in [1.54, 1.807) is 30.3 Å². The van der Waals surface area contributed by atoms with Gasteiger partial charge in [-0.05, 0) is 66.7 Å². The van der Waals surface area contributed by atoms with Gasteiger partial charge in [-0.2, -0.15) is 0 Å². The van der Waals surface area contributed by atoms with Gasteiger partial charge in [0.05, 0.1) is 22.5 Å². The van der Waals surface area contributed by atoms with Crippen LogP contribution in [-0.2, 0) is 0 Å². The third-order valence-corrected chi connectivity index (χ3v) is 3.95. The highest BCUT2D eigenvalue weighted by Crippen LogP contribution is 2.21. The second-order valence-corrected chi connectivity index (χ2v) is 6.42. The molecule has 162 valence electrons. The highest BCUT2D eigenvalue weighted by molar-refractivity contribution is 5.93. The molecule has 0 bridgehead atoms. The maximum Gasteiger partial charge on any atom is 0.343 e. The van der Waals surface area contributed by atoms with Crippen molar-refractivity contribution in [3.8, 4) is 11.5 Å². The molecule has 0 spiro atoms. The Hall–Kier alpha value is -4.86. The van der Waals surface area contributed by atoms with Crippen molar-refractivity contribution in [3.63, 3.8) is 0 Å². The fourth-order valence-electron chi connectivity index (χ4n) is 2.58. The predicted molar refractivity (Wildman–Crippen MR) is 120 cm³/mol. The van der Waals surface area contributed by atoms with Gasteiger partial charge in [0.15, 0.2) is 11.9 Å². The number of benzene rings is 3. The van der Waals surface area contributed by atoms with Crippen LogP contribution < -0.4 is 32.4 Å². The van der Waals surface area contributed by atoms with Gasteiger partial charge in [-0.15, -0.1) is 0 Å². The zero-order chi connectivity index (χ0) is 23.1. The van der Waals surface area contributed by atoms with Crippen LogP contribution in [0.3, 0.4) is 0 Å². The Balaban J connectivity index is 1.62. The van der Waals surface area contributed by atoms with Crippen molar-refractivity contribution in [1.29, 1.82) is 0 Å². The SMILES string of the molecule is NC(N)=Nc1ccc(C(=O)Oc2ccc(OC(=O)c3cccc(N=C(N)N)c3)cc2)cc1. The summed E-state index contributed by atoms with van der Waals surface area (Å²) < 4.78 is 10.6. The lowest BCUT2D eigenvalue weighted by Crippen LogP contribution is -2.21. The van der Waals surface area contributed by atoms with E-state index in [2.05, 4.69) is 9.98 Å². The van der Waals surface area contributed by atoms with E-state index in [1.165, 1.54) is 42.5 Å². The van der Waals surface area contributed by atoms with Crippen molar-refractivity contribution >= 4 is 35.2 Å². The topological polar surface area (TPSA) is 181 Å². The lowest BCUT2D eigenvalue weighted by atomic mass is 10.2. The van der Waals surface area contributed by atoms with Crippen LogP contribution in [-0.4, -0.2) is 23.9 Å². The average molecular weight is 432 g/mol. The largest absolute Gasteiger partial charge is 0.423 e. The molecule has 3 aromatic carbocycles. The normalized spacial score (nSPS) is 10.0. The van der Waals surface area contributed by atoms with Gasteiger partial charge in [0.2, 0.25) is 0 Å². The molecule has 0 aliphatic heterocycles. The van der Waals surface area contributed by atoms with Gasteiger partial charge in [0, 0.05) is 0 Å². The summed E-state index contributed by atoms with van der Waals surface area (Å²) in [5.74, 6) is -0.819. The number of hydrogen-bond acceptors (Lipinski definition) is 6. The molecule has 0 unspecified atom stereocenters. The summed E-state index contributed by atoms with van der Waals surface area (Å²) in [7, 11) is 0. The molecule has 0 atom stereocenters. The van der Waals surface area contributed by atoms with Gasteiger partial charge in [0.25, 0.3) is 0 Å². The fraction of sp³-hybridized carbons (Fsp3) is 0. The number of aliphatic imine (C=N–C) groups is 2. The van der Waals surface area contributed by atoms with Crippen LogP contribution in [0.4, 0.5) is 11.4 Å². The molecular formula is C22H20N6O4. The monoisotopic (exact) mass is 432 g/mol. The van der Waals surface area contributed by atoms with E-state index in [1.807, 2.05) is 0 Å². The number of nitrogens with two attached hydrogens (primary N) is 4. The third kappa shape index (κ3) is 6.07. The van der Waals surface area contributed by atoms with Crippen LogP contribution in [0.5, 0.6) is 11.5 Å². The molecule has 10 nitrogen and oxygen atoms in total. The molecule has 0 radical (unpaired) electrons. The van der Waals surface area contributed by atoms with Crippen LogP contribution in [0.1, 0.15) is 20.7 Å². The Kier molecular flexibility index (Phi) is 6.66. The van der Waals surface area contributed by atoms with E-state index < -0.39 is 11.9 Å². The van der Waals surface area contributed by atoms with Crippen LogP contribution in [0.2, 0.25) is 0 Å². The van der Waals surface area contributed by atoms with E-state index in [0.29, 0.717) is 16.9 Å². The Bertz CT molecular complexity index is 1180. The Morgan fingerprint density at radius 2 is 1.09 bits per heavy atom. The first-order valence-corrected chi connectivity index (χ1v) is 9.24. The van der Waals surface area contributed by atoms with Crippen molar-refractivity contribution in [2.75, 3.05) is 0 Å². The van der Waals surface area contributed by atoms with Crippen LogP contribution in [0.15, 0.2) is 82.8 Å². The summed E-state index contributed by atoms with van der Waals surface area (Å²) in [6.45, 7) is 0. The van der Waals surface area contributed by atoms with E-state index in [-0.39, 0.29) is 29.0 Å². The fourth-order valence-corrected chi connectivity index (χ4v) is 2.58. The average Bonchev–Trinajstić information content (AvgIpc) is 2.75. The highest BCUT2D eigenvalue weighted by atomic mass is 16.5. The lowest BCUT2D eigenvalue weighted by molar-refractivity contribution is 0.0719. The first-order chi connectivity index (χ1) is 15.3. The van der Waals surface area contributed by atoms with Crippen LogP contribution >= 0.6 is 0 Å². The number of rotatable bonds is 6. The molecule has 0 aromatic heterocycles. The molecule has 0 fully saturated rings. The van der Waals surface area contributed by atoms with Gasteiger partial charge in [-0.1, -0.05) is 6.07 Å². The second kappa shape index (κ2) is 9.76. The standard InChI is InChI=1S/C22H20N6O4/c23-21(24)27-15-6-4-13(5-7-15)19(29)31-17-8-10-18(11-9-17)32-20(30)14-2-1-3-16(12-14)28-22(25)26/h1-12H,(H4,23,24,27)(H4,25,26,28). The quantitative estimate of drug-likeness (QED) is 0.197. The number of ether oxygens (including phenoxy) is 2. The van der Waals surface area contributed by atoms with Gasteiger partial charge in [-0.25, -0.2) is 19.6 Å². The molecule has 32 heavy (non-hydrogen) atoms. The molecule has 3 aromatic rings. The first kappa shape index (κ1) is 21.8. The predicted octanol–water partition coefficient (Wildman–Crippen LogP) is 1.93. The second-order valence-electron chi connectivity index (χ2n) is 6.42. The number of carbonyl (C=O) groups is 2. The van der Waals surface area contributed by atoms with Crippen molar-refractivity contribution in [3.05, 3.63) is 83.9 Å². The molecule has 0 aliphatic carbocycles. The molecular weight excluding hydrogens is 412 g/mol. The lowest BCUT2D eigenvalue weighted by Gasteiger charge is -2.07. The van der Waals surface area contributed by atoms with E-state index >= 15 is 0 Å². The number of nitrogens with zero attached hydrogens (tertiary/aromatic N) is 2. The third-order valence-electron chi connectivity index (χ3n) is 3.95. The van der Waals surface area contributed by atoms with E-state index in [4.69, 9.17) is 32.4 Å². The minimum absolute atomic E-state index is 0.0809. The molecule has 3 rings (SSSR count). The van der Waals surface area contributed by atoms with Crippen molar-refractivity contribution in [2.45, 2.75) is 0 Å². The Morgan fingerprint density at radius 1 is 0.594 bits per heavy atom. The highest BCUT2D eigenvalue weighted by Gasteiger charge is 2.11. The Labute approximate surface area is 183 Å². The summed E-state index contributed by atoms with van der Waals surface area (Å²) in [5, 5.41) is 0. The van der Waals surface area contributed by atoms with Gasteiger partial charge in [-0.3, -0.25) is 0 Å². The maximum atomic E-state index is 12.4. The van der Waals surface area contributed by atoms with Crippen molar-refractivity contribution in [2.24, 2.45) is 32.9 Å². The van der Waals surface area contributed by atoms with Gasteiger partial charge < -0.3 is 32.4 Å². The summed E-state index contributed by atoms with van der Waals surface area (Å²) in [4.78, 5) is 32.4. The number of guanidine groups is 2. The zero-order valence-electron chi connectivity index (χ0n) is 16.8. The molecule has 10 heteroatoms. The van der Waals surface area contributed by atoms with Crippen LogP contribution in [0, 0.1) is 0 Å². The maximum absolute atomic E-state index is 12.4. The summed E-state index contributed by atoms with van der Waals surface area (Å²) in [6.07, 6.45) is 0. The summed E-state index contributed by atoms with van der Waals surface area (Å²) in [5.41, 5.74) is 22.8. The molecule has 0 heterocycles. The zero-order valence-corrected chi connectivity index (χ0v) is 16.8. The van der Waals surface area contributed by atoms with Crippen molar-refractivity contribution < 1.29 is 19.1 Å². The minimum atomic E-state index is -0.594. The first-order valence-electron chi connectivity index (χ1n) is 9.24. The van der Waals surface area contributed by atoms with Crippen LogP contribution in [0.25, 0.3) is 0 Å².